The van der Waals surface area contributed by atoms with Crippen LogP contribution in [-0.2, 0) is 4.79 Å². The first-order valence-electron chi connectivity index (χ1n) is 8.64. The van der Waals surface area contributed by atoms with Crippen molar-refractivity contribution in [1.29, 1.82) is 0 Å². The van der Waals surface area contributed by atoms with Crippen molar-refractivity contribution in [1.82, 2.24) is 0 Å². The summed E-state index contributed by atoms with van der Waals surface area (Å²) in [6, 6.07) is 14.3. The van der Waals surface area contributed by atoms with Crippen LogP contribution >= 0.6 is 0 Å². The van der Waals surface area contributed by atoms with Crippen LogP contribution in [0.15, 0.2) is 48.5 Å². The van der Waals surface area contributed by atoms with Crippen molar-refractivity contribution >= 4 is 23.3 Å². The second kappa shape index (κ2) is 9.52. The number of carboxylic acid groups (broad SMARTS) is 1. The number of benzene rings is 2. The zero-order valence-electron chi connectivity index (χ0n) is 14.6. The molecule has 4 nitrogen and oxygen atoms in total. The topological polar surface area (TPSA) is 72.5 Å². The number of hydrogen-bond donors (Lipinski definition) is 2. The highest BCUT2D eigenvalue weighted by Crippen LogP contribution is 2.21. The second-order valence-electron chi connectivity index (χ2n) is 5.96. The van der Waals surface area contributed by atoms with Gasteiger partial charge in [-0.3, -0.25) is 0 Å². The van der Waals surface area contributed by atoms with Crippen LogP contribution < -0.4 is 10.5 Å². The summed E-state index contributed by atoms with van der Waals surface area (Å²) in [5.74, 6) is -0.168. The highest BCUT2D eigenvalue weighted by atomic mass is 16.5. The van der Waals surface area contributed by atoms with Gasteiger partial charge < -0.3 is 15.6 Å². The van der Waals surface area contributed by atoms with E-state index in [1.165, 1.54) is 19.3 Å². The fourth-order valence-corrected chi connectivity index (χ4v) is 2.48. The molecule has 0 bridgehead atoms. The summed E-state index contributed by atoms with van der Waals surface area (Å²) in [5, 5.41) is 9.47. The van der Waals surface area contributed by atoms with Crippen molar-refractivity contribution in [2.24, 2.45) is 0 Å². The van der Waals surface area contributed by atoms with Gasteiger partial charge >= 0.3 is 5.97 Å². The van der Waals surface area contributed by atoms with Gasteiger partial charge in [-0.2, -0.15) is 0 Å². The first-order valence-corrected chi connectivity index (χ1v) is 8.64. The van der Waals surface area contributed by atoms with Gasteiger partial charge in [-0.1, -0.05) is 50.5 Å². The van der Waals surface area contributed by atoms with Crippen LogP contribution in [0.5, 0.6) is 5.75 Å². The van der Waals surface area contributed by atoms with Crippen molar-refractivity contribution in [2.45, 2.75) is 32.6 Å². The minimum absolute atomic E-state index is 0.230. The Labute approximate surface area is 148 Å². The number of nitrogens with two attached hydrogens (primary N) is 1. The lowest BCUT2D eigenvalue weighted by Crippen LogP contribution is -2.00. The summed E-state index contributed by atoms with van der Waals surface area (Å²) in [6.45, 7) is 2.89. The molecule has 0 aliphatic heterocycles. The summed E-state index contributed by atoms with van der Waals surface area (Å²) in [6.07, 6.45) is 6.33. The first kappa shape index (κ1) is 18.6. The van der Waals surface area contributed by atoms with Crippen LogP contribution in [0.2, 0.25) is 0 Å². The monoisotopic (exact) mass is 339 g/mol. The predicted molar refractivity (Wildman–Crippen MR) is 102 cm³/mol. The number of hydrogen-bond acceptors (Lipinski definition) is 3. The molecular weight excluding hydrogens is 314 g/mol. The minimum Gasteiger partial charge on any atom is -0.494 e. The van der Waals surface area contributed by atoms with Gasteiger partial charge in [-0.05, 0) is 47.9 Å². The van der Waals surface area contributed by atoms with Crippen molar-refractivity contribution in [3.05, 3.63) is 59.7 Å². The van der Waals surface area contributed by atoms with Gasteiger partial charge in [0.1, 0.15) is 5.75 Å². The standard InChI is InChI=1S/C21H25NO3/c1-2-3-4-5-14-25-19-12-6-16(7-13-19)15-20(21(23)24)17-8-10-18(22)11-9-17/h6-13,15H,2-5,14,22H2,1H3,(H,23,24). The maximum atomic E-state index is 11.6. The molecule has 0 aliphatic rings. The van der Waals surface area contributed by atoms with E-state index in [1.807, 2.05) is 24.3 Å². The van der Waals surface area contributed by atoms with E-state index >= 15 is 0 Å². The molecule has 0 unspecified atom stereocenters. The van der Waals surface area contributed by atoms with Crippen LogP contribution in [0.25, 0.3) is 11.6 Å². The predicted octanol–water partition coefficient (Wildman–Crippen LogP) is 4.85. The highest BCUT2D eigenvalue weighted by Gasteiger charge is 2.10. The third kappa shape index (κ3) is 5.99. The Kier molecular flexibility index (Phi) is 7.08. The van der Waals surface area contributed by atoms with Crippen molar-refractivity contribution in [3.8, 4) is 5.75 Å². The zero-order chi connectivity index (χ0) is 18.1. The summed E-state index contributed by atoms with van der Waals surface area (Å²) in [7, 11) is 0. The Hall–Kier alpha value is -2.75. The number of carboxylic acids is 1. The third-order valence-electron chi connectivity index (χ3n) is 3.91. The maximum Gasteiger partial charge on any atom is 0.336 e. The lowest BCUT2D eigenvalue weighted by atomic mass is 10.0. The molecule has 0 saturated heterocycles. The van der Waals surface area contributed by atoms with Gasteiger partial charge in [-0.15, -0.1) is 0 Å². The summed E-state index contributed by atoms with van der Waals surface area (Å²) in [4.78, 5) is 11.6. The van der Waals surface area contributed by atoms with E-state index in [0.717, 1.165) is 17.7 Å². The Morgan fingerprint density at radius 2 is 1.72 bits per heavy atom. The van der Waals surface area contributed by atoms with Crippen molar-refractivity contribution < 1.29 is 14.6 Å². The molecule has 132 valence electrons. The Balaban J connectivity index is 2.05. The molecule has 4 heteroatoms. The van der Waals surface area contributed by atoms with E-state index in [1.54, 1.807) is 30.3 Å². The number of nitrogen functional groups attached to an aromatic ring is 1. The van der Waals surface area contributed by atoms with E-state index in [0.29, 0.717) is 17.9 Å². The average Bonchev–Trinajstić information content (AvgIpc) is 2.61. The third-order valence-corrected chi connectivity index (χ3v) is 3.91. The van der Waals surface area contributed by atoms with Gasteiger partial charge in [0.2, 0.25) is 0 Å². The largest absolute Gasteiger partial charge is 0.494 e. The molecular formula is C21H25NO3. The van der Waals surface area contributed by atoms with Gasteiger partial charge in [0, 0.05) is 5.69 Å². The van der Waals surface area contributed by atoms with Gasteiger partial charge in [0.05, 0.1) is 12.2 Å². The smallest absolute Gasteiger partial charge is 0.336 e. The van der Waals surface area contributed by atoms with Crippen LogP contribution in [0.1, 0.15) is 43.7 Å². The fraction of sp³-hybridized carbons (Fsp3) is 0.286. The van der Waals surface area contributed by atoms with Crippen LogP contribution in [-0.4, -0.2) is 17.7 Å². The minimum atomic E-state index is -0.971. The molecule has 0 spiro atoms. The average molecular weight is 339 g/mol. The lowest BCUT2D eigenvalue weighted by Gasteiger charge is -2.07. The highest BCUT2D eigenvalue weighted by molar-refractivity contribution is 6.20. The molecule has 0 fully saturated rings. The molecule has 3 N–H and O–H groups in total. The number of ether oxygens (including phenoxy) is 1. The Morgan fingerprint density at radius 1 is 1.04 bits per heavy atom. The first-order chi connectivity index (χ1) is 12.1. The van der Waals surface area contributed by atoms with Gasteiger partial charge in [0.25, 0.3) is 0 Å². The van der Waals surface area contributed by atoms with Crippen LogP contribution in [0.4, 0.5) is 5.69 Å². The second-order valence-corrected chi connectivity index (χ2v) is 5.96. The fourth-order valence-electron chi connectivity index (χ4n) is 2.48. The molecule has 0 atom stereocenters. The van der Waals surface area contributed by atoms with E-state index in [4.69, 9.17) is 10.5 Å². The van der Waals surface area contributed by atoms with E-state index in [2.05, 4.69) is 6.92 Å². The van der Waals surface area contributed by atoms with E-state index in [-0.39, 0.29) is 5.57 Å². The van der Waals surface area contributed by atoms with Crippen LogP contribution in [0.3, 0.4) is 0 Å². The number of aliphatic carboxylic acids is 1. The molecule has 0 aliphatic carbocycles. The lowest BCUT2D eigenvalue weighted by molar-refractivity contribution is -0.130. The number of unbranched alkanes of at least 4 members (excludes halogenated alkanes) is 3. The summed E-state index contributed by atoms with van der Waals surface area (Å²) >= 11 is 0. The van der Waals surface area contributed by atoms with Crippen molar-refractivity contribution in [2.75, 3.05) is 12.3 Å². The normalized spacial score (nSPS) is 11.3. The van der Waals surface area contributed by atoms with Crippen molar-refractivity contribution in [3.63, 3.8) is 0 Å². The molecule has 0 radical (unpaired) electrons. The molecule has 25 heavy (non-hydrogen) atoms. The van der Waals surface area contributed by atoms with E-state index < -0.39 is 5.97 Å². The number of carbonyl (C=O) groups is 1. The Morgan fingerprint density at radius 3 is 2.32 bits per heavy atom. The maximum absolute atomic E-state index is 11.6. The molecule has 0 aromatic heterocycles. The zero-order valence-corrected chi connectivity index (χ0v) is 14.6. The molecule has 0 heterocycles. The van der Waals surface area contributed by atoms with Crippen LogP contribution in [0, 0.1) is 0 Å². The van der Waals surface area contributed by atoms with E-state index in [9.17, 15) is 9.90 Å². The Bertz CT molecular complexity index is 703. The van der Waals surface area contributed by atoms with Gasteiger partial charge in [-0.25, -0.2) is 4.79 Å². The molecule has 0 saturated carbocycles. The molecule has 0 amide bonds. The molecule has 2 rings (SSSR count). The summed E-state index contributed by atoms with van der Waals surface area (Å²) in [5.41, 5.74) is 7.93. The number of rotatable bonds is 9. The summed E-state index contributed by atoms with van der Waals surface area (Å²) < 4.78 is 5.71. The molecule has 2 aromatic rings. The number of anilines is 1. The SMILES string of the molecule is CCCCCCOc1ccc(C=C(C(=O)O)c2ccc(N)cc2)cc1. The van der Waals surface area contributed by atoms with Gasteiger partial charge in [0.15, 0.2) is 0 Å². The quantitative estimate of drug-likeness (QED) is 0.296. The molecule has 2 aromatic carbocycles.